The number of hydrogen-bond acceptors (Lipinski definition) is 5. The van der Waals surface area contributed by atoms with Gasteiger partial charge in [-0.05, 0) is 39.7 Å². The molecule has 1 saturated heterocycles. The van der Waals surface area contributed by atoms with Crippen LogP contribution in [-0.2, 0) is 20.8 Å². The summed E-state index contributed by atoms with van der Waals surface area (Å²) in [6.07, 6.45) is -0.293. The normalized spacial score (nSPS) is 19.6. The molecule has 1 aliphatic rings. The van der Waals surface area contributed by atoms with Crippen molar-refractivity contribution in [3.05, 3.63) is 35.9 Å². The number of ether oxygens (including phenoxy) is 3. The summed E-state index contributed by atoms with van der Waals surface area (Å²) in [4.78, 5) is 26.2. The highest BCUT2D eigenvalue weighted by molar-refractivity contribution is 5.70. The first-order valence-electron chi connectivity index (χ1n) is 9.33. The van der Waals surface area contributed by atoms with Crippen molar-refractivity contribution < 1.29 is 23.8 Å². The molecule has 1 fully saturated rings. The minimum Gasteiger partial charge on any atom is -0.445 e. The van der Waals surface area contributed by atoms with Crippen LogP contribution in [0.5, 0.6) is 0 Å². The van der Waals surface area contributed by atoms with Crippen LogP contribution in [-0.4, -0.2) is 54.5 Å². The lowest BCUT2D eigenvalue weighted by Gasteiger charge is -2.28. The molecule has 27 heavy (non-hydrogen) atoms. The van der Waals surface area contributed by atoms with E-state index in [1.165, 1.54) is 0 Å². The highest BCUT2D eigenvalue weighted by atomic mass is 16.6. The number of nitrogens with zero attached hydrogens (tertiary/aromatic N) is 1. The molecular formula is C20H30N2O5. The monoisotopic (exact) mass is 378 g/mol. The van der Waals surface area contributed by atoms with Crippen molar-refractivity contribution in [2.24, 2.45) is 0 Å². The van der Waals surface area contributed by atoms with E-state index in [2.05, 4.69) is 5.32 Å². The molecule has 0 unspecified atom stereocenters. The van der Waals surface area contributed by atoms with Gasteiger partial charge >= 0.3 is 12.2 Å². The molecule has 1 aromatic rings. The fourth-order valence-corrected chi connectivity index (χ4v) is 2.91. The molecule has 0 aromatic heterocycles. The van der Waals surface area contributed by atoms with Gasteiger partial charge in [-0.25, -0.2) is 9.59 Å². The second-order valence-electron chi connectivity index (χ2n) is 7.58. The summed E-state index contributed by atoms with van der Waals surface area (Å²) in [5.41, 5.74) is 0.344. The molecule has 1 aliphatic heterocycles. The minimum atomic E-state index is -0.576. The van der Waals surface area contributed by atoms with E-state index in [1.807, 2.05) is 58.0 Å². The highest BCUT2D eigenvalue weighted by Crippen LogP contribution is 2.22. The number of benzene rings is 1. The number of nitrogens with one attached hydrogen (secondary N) is 1. The Morgan fingerprint density at radius 1 is 1.22 bits per heavy atom. The summed E-state index contributed by atoms with van der Waals surface area (Å²) < 4.78 is 16.2. The first-order chi connectivity index (χ1) is 12.8. The van der Waals surface area contributed by atoms with Crippen LogP contribution in [0.4, 0.5) is 9.59 Å². The first-order valence-corrected chi connectivity index (χ1v) is 9.33. The van der Waals surface area contributed by atoms with Gasteiger partial charge in [0.25, 0.3) is 0 Å². The molecule has 0 saturated carbocycles. The fourth-order valence-electron chi connectivity index (χ4n) is 2.91. The van der Waals surface area contributed by atoms with Gasteiger partial charge < -0.3 is 24.4 Å². The van der Waals surface area contributed by atoms with Gasteiger partial charge in [0.2, 0.25) is 0 Å². The van der Waals surface area contributed by atoms with Crippen molar-refractivity contribution in [1.29, 1.82) is 0 Å². The Hall–Kier alpha value is -2.28. The Kier molecular flexibility index (Phi) is 7.47. The minimum absolute atomic E-state index is 0.140. The number of rotatable bonds is 6. The van der Waals surface area contributed by atoms with Gasteiger partial charge in [-0.3, -0.25) is 0 Å². The van der Waals surface area contributed by atoms with E-state index in [-0.39, 0.29) is 18.7 Å². The van der Waals surface area contributed by atoms with E-state index in [0.717, 1.165) is 5.56 Å². The standard InChI is InChI=1S/C20H30N2O5/c1-5-25-14-17-11-16(12-22(17)19(24)27-20(2,3)4)21-18(23)26-13-15-9-7-6-8-10-15/h6-10,16-17H,5,11-14H2,1-4H3,(H,21,23)/t16-,17-/m0/s1. The van der Waals surface area contributed by atoms with Crippen LogP contribution in [0.25, 0.3) is 0 Å². The van der Waals surface area contributed by atoms with Crippen molar-refractivity contribution in [1.82, 2.24) is 10.2 Å². The van der Waals surface area contributed by atoms with Crippen LogP contribution in [0.3, 0.4) is 0 Å². The van der Waals surface area contributed by atoms with Crippen molar-refractivity contribution >= 4 is 12.2 Å². The fraction of sp³-hybridized carbons (Fsp3) is 0.600. The molecule has 0 spiro atoms. The van der Waals surface area contributed by atoms with Gasteiger partial charge in [-0.2, -0.15) is 0 Å². The average molecular weight is 378 g/mol. The summed E-state index contributed by atoms with van der Waals surface area (Å²) >= 11 is 0. The topological polar surface area (TPSA) is 77.1 Å². The lowest BCUT2D eigenvalue weighted by Crippen LogP contribution is -2.43. The predicted octanol–water partition coefficient (Wildman–Crippen LogP) is 3.33. The number of amides is 2. The van der Waals surface area contributed by atoms with Gasteiger partial charge in [-0.1, -0.05) is 30.3 Å². The van der Waals surface area contributed by atoms with Gasteiger partial charge in [0.1, 0.15) is 12.2 Å². The third-order valence-electron chi connectivity index (χ3n) is 4.09. The Morgan fingerprint density at radius 2 is 1.93 bits per heavy atom. The largest absolute Gasteiger partial charge is 0.445 e. The number of alkyl carbamates (subject to hydrolysis) is 1. The third kappa shape index (κ3) is 7.09. The van der Waals surface area contributed by atoms with Crippen molar-refractivity contribution in [2.45, 2.75) is 58.4 Å². The zero-order valence-corrected chi connectivity index (χ0v) is 16.6. The molecule has 150 valence electrons. The smallest absolute Gasteiger partial charge is 0.410 e. The Bertz CT molecular complexity index is 615. The molecule has 1 heterocycles. The van der Waals surface area contributed by atoms with Crippen molar-refractivity contribution in [2.75, 3.05) is 19.8 Å². The molecule has 2 amide bonds. The molecule has 7 heteroatoms. The number of likely N-dealkylation sites (tertiary alicyclic amines) is 1. The van der Waals surface area contributed by atoms with E-state index in [0.29, 0.717) is 26.2 Å². The number of carbonyl (C=O) groups excluding carboxylic acids is 2. The number of carbonyl (C=O) groups is 2. The zero-order chi connectivity index (χ0) is 19.9. The molecular weight excluding hydrogens is 348 g/mol. The van der Waals surface area contributed by atoms with Gasteiger partial charge in [-0.15, -0.1) is 0 Å². The Balaban J connectivity index is 1.89. The van der Waals surface area contributed by atoms with Crippen LogP contribution in [0, 0.1) is 0 Å². The van der Waals surface area contributed by atoms with Crippen LogP contribution in [0.1, 0.15) is 39.7 Å². The maximum absolute atomic E-state index is 12.5. The molecule has 0 aliphatic carbocycles. The van der Waals surface area contributed by atoms with Gasteiger partial charge in [0.05, 0.1) is 18.7 Å². The molecule has 7 nitrogen and oxygen atoms in total. The summed E-state index contributed by atoms with van der Waals surface area (Å²) in [6.45, 7) is 8.94. The molecule has 1 aromatic carbocycles. The van der Waals surface area contributed by atoms with Crippen LogP contribution in [0.15, 0.2) is 30.3 Å². The van der Waals surface area contributed by atoms with Crippen LogP contribution < -0.4 is 5.32 Å². The van der Waals surface area contributed by atoms with Crippen LogP contribution in [0.2, 0.25) is 0 Å². The maximum atomic E-state index is 12.5. The van der Waals surface area contributed by atoms with Crippen molar-refractivity contribution in [3.63, 3.8) is 0 Å². The molecule has 2 atom stereocenters. The van der Waals surface area contributed by atoms with E-state index < -0.39 is 17.8 Å². The van der Waals surface area contributed by atoms with E-state index >= 15 is 0 Å². The van der Waals surface area contributed by atoms with E-state index in [9.17, 15) is 9.59 Å². The Labute approximate surface area is 161 Å². The molecule has 1 N–H and O–H groups in total. The maximum Gasteiger partial charge on any atom is 0.410 e. The SMILES string of the molecule is CCOC[C@@H]1C[C@H](NC(=O)OCc2ccccc2)CN1C(=O)OC(C)(C)C. The lowest BCUT2D eigenvalue weighted by molar-refractivity contribution is 0.0115. The second kappa shape index (κ2) is 9.60. The summed E-state index contributed by atoms with van der Waals surface area (Å²) in [5.74, 6) is 0. The Morgan fingerprint density at radius 3 is 2.56 bits per heavy atom. The lowest BCUT2D eigenvalue weighted by atomic mass is 10.2. The second-order valence-corrected chi connectivity index (χ2v) is 7.58. The summed E-state index contributed by atoms with van der Waals surface area (Å²) in [6, 6.07) is 9.14. The number of hydrogen-bond donors (Lipinski definition) is 1. The predicted molar refractivity (Wildman–Crippen MR) is 101 cm³/mol. The van der Waals surface area contributed by atoms with E-state index in [4.69, 9.17) is 14.2 Å². The zero-order valence-electron chi connectivity index (χ0n) is 16.6. The highest BCUT2D eigenvalue weighted by Gasteiger charge is 2.38. The average Bonchev–Trinajstić information content (AvgIpc) is 3.00. The first kappa shape index (κ1) is 21.0. The molecule has 2 rings (SSSR count). The van der Waals surface area contributed by atoms with Gasteiger partial charge in [0.15, 0.2) is 0 Å². The van der Waals surface area contributed by atoms with Gasteiger partial charge in [0, 0.05) is 13.2 Å². The quantitative estimate of drug-likeness (QED) is 0.822. The van der Waals surface area contributed by atoms with E-state index in [1.54, 1.807) is 4.90 Å². The third-order valence-corrected chi connectivity index (χ3v) is 4.09. The summed E-state index contributed by atoms with van der Waals surface area (Å²) in [7, 11) is 0. The van der Waals surface area contributed by atoms with Crippen LogP contribution >= 0.6 is 0 Å². The van der Waals surface area contributed by atoms with Crippen molar-refractivity contribution in [3.8, 4) is 0 Å². The molecule has 0 bridgehead atoms. The molecule has 0 radical (unpaired) electrons. The summed E-state index contributed by atoms with van der Waals surface area (Å²) in [5, 5.41) is 2.84.